The molecule has 2 aliphatic heterocycles. The number of hydrogen-bond acceptors (Lipinski definition) is 3. The normalized spacial score (nSPS) is 22.9. The minimum Gasteiger partial charge on any atom is -0.343 e. The standard InChI is InChI=1S/C25H25FN2O2/c1-2-15-17-11-21-23-18(12-28(21)25(29)19(17)13-30-24(15)26)22(14-7-3-4-8-14)16-9-5-6-10-20(16)27-23/h5-6,9-11,14-15,24H,2-4,7-8,12-13H2,1H3/t15?,24-/m1/s1. The number of para-hydroxylation sites is 1. The van der Waals surface area contributed by atoms with Crippen LogP contribution in [0, 0.1) is 0 Å². The highest BCUT2D eigenvalue weighted by molar-refractivity contribution is 5.88. The molecule has 1 aliphatic carbocycles. The van der Waals surface area contributed by atoms with Crippen molar-refractivity contribution in [2.24, 2.45) is 0 Å². The van der Waals surface area contributed by atoms with Crippen LogP contribution in [-0.4, -0.2) is 15.9 Å². The van der Waals surface area contributed by atoms with Crippen molar-refractivity contribution in [3.05, 3.63) is 62.9 Å². The van der Waals surface area contributed by atoms with Gasteiger partial charge >= 0.3 is 0 Å². The molecule has 4 nitrogen and oxygen atoms in total. The molecule has 5 heteroatoms. The molecule has 0 spiro atoms. The van der Waals surface area contributed by atoms with Crippen LogP contribution in [0.25, 0.3) is 22.3 Å². The average Bonchev–Trinajstić information content (AvgIpc) is 3.41. The first-order chi connectivity index (χ1) is 14.7. The molecule has 4 heterocycles. The molecule has 1 fully saturated rings. The van der Waals surface area contributed by atoms with E-state index >= 15 is 0 Å². The fraction of sp³-hybridized carbons (Fsp3) is 0.440. The average molecular weight is 404 g/mol. The number of fused-ring (bicyclic) bond motifs is 5. The van der Waals surface area contributed by atoms with Crippen LogP contribution in [-0.2, 0) is 17.9 Å². The summed E-state index contributed by atoms with van der Waals surface area (Å²) in [5.74, 6) is 0.124. The van der Waals surface area contributed by atoms with Crippen molar-refractivity contribution in [3.63, 3.8) is 0 Å². The zero-order chi connectivity index (χ0) is 20.4. The Morgan fingerprint density at radius 2 is 2.00 bits per heavy atom. The van der Waals surface area contributed by atoms with Crippen LogP contribution in [0.1, 0.15) is 73.1 Å². The maximum absolute atomic E-state index is 14.4. The van der Waals surface area contributed by atoms with Gasteiger partial charge in [0.05, 0.1) is 30.1 Å². The lowest BCUT2D eigenvalue weighted by molar-refractivity contribution is -0.0790. The summed E-state index contributed by atoms with van der Waals surface area (Å²) >= 11 is 0. The van der Waals surface area contributed by atoms with Crippen LogP contribution in [0.2, 0.25) is 0 Å². The third-order valence-corrected chi connectivity index (χ3v) is 7.34. The third-order valence-electron chi connectivity index (χ3n) is 7.34. The molecule has 1 unspecified atom stereocenters. The van der Waals surface area contributed by atoms with Gasteiger partial charge in [-0.3, -0.25) is 4.79 Å². The number of pyridine rings is 2. The molecule has 1 saturated carbocycles. The Morgan fingerprint density at radius 1 is 1.20 bits per heavy atom. The van der Waals surface area contributed by atoms with E-state index in [-0.39, 0.29) is 12.2 Å². The molecule has 0 saturated heterocycles. The summed E-state index contributed by atoms with van der Waals surface area (Å²) in [5.41, 5.74) is 6.66. The van der Waals surface area contributed by atoms with E-state index in [4.69, 9.17) is 9.72 Å². The van der Waals surface area contributed by atoms with Crippen LogP contribution in [0.4, 0.5) is 4.39 Å². The Labute approximate surface area is 174 Å². The molecule has 0 bridgehead atoms. The summed E-state index contributed by atoms with van der Waals surface area (Å²) in [5, 5.41) is 1.22. The van der Waals surface area contributed by atoms with Crippen molar-refractivity contribution < 1.29 is 9.13 Å². The van der Waals surface area contributed by atoms with E-state index in [0.29, 0.717) is 24.4 Å². The molecule has 30 heavy (non-hydrogen) atoms. The van der Waals surface area contributed by atoms with E-state index in [1.807, 2.05) is 23.6 Å². The first-order valence-electron chi connectivity index (χ1n) is 11.1. The van der Waals surface area contributed by atoms with Gasteiger partial charge in [-0.05, 0) is 48.4 Å². The molecule has 6 rings (SSSR count). The van der Waals surface area contributed by atoms with Gasteiger partial charge in [-0.1, -0.05) is 38.0 Å². The summed E-state index contributed by atoms with van der Waals surface area (Å²) in [4.78, 5) is 18.4. The van der Waals surface area contributed by atoms with Gasteiger partial charge in [0.2, 0.25) is 6.36 Å². The van der Waals surface area contributed by atoms with Crippen molar-refractivity contribution in [3.8, 4) is 11.4 Å². The van der Waals surface area contributed by atoms with Gasteiger partial charge in [0, 0.05) is 22.4 Å². The molecular weight excluding hydrogens is 379 g/mol. The topological polar surface area (TPSA) is 44.1 Å². The predicted molar refractivity (Wildman–Crippen MR) is 114 cm³/mol. The number of ether oxygens (including phenoxy) is 1. The van der Waals surface area contributed by atoms with Crippen molar-refractivity contribution in [1.82, 2.24) is 9.55 Å². The number of nitrogens with zero attached hydrogens (tertiary/aromatic N) is 2. The van der Waals surface area contributed by atoms with Gasteiger partial charge < -0.3 is 9.30 Å². The Morgan fingerprint density at radius 3 is 2.80 bits per heavy atom. The molecule has 0 N–H and O–H groups in total. The van der Waals surface area contributed by atoms with Gasteiger partial charge in [0.15, 0.2) is 0 Å². The summed E-state index contributed by atoms with van der Waals surface area (Å²) in [6, 6.07) is 10.3. The highest BCUT2D eigenvalue weighted by atomic mass is 19.1. The molecule has 1 aromatic carbocycles. The molecule has 3 aliphatic rings. The van der Waals surface area contributed by atoms with E-state index in [9.17, 15) is 9.18 Å². The Hall–Kier alpha value is -2.53. The summed E-state index contributed by atoms with van der Waals surface area (Å²) in [6.07, 6.45) is 4.14. The molecule has 3 aromatic rings. The van der Waals surface area contributed by atoms with Crippen LogP contribution in [0.5, 0.6) is 0 Å². The second kappa shape index (κ2) is 6.74. The largest absolute Gasteiger partial charge is 0.343 e. The molecule has 0 radical (unpaired) electrons. The lowest BCUT2D eigenvalue weighted by Crippen LogP contribution is -2.33. The van der Waals surface area contributed by atoms with Crippen molar-refractivity contribution >= 4 is 10.9 Å². The molecule has 154 valence electrons. The number of halogens is 1. The Kier molecular flexibility index (Phi) is 4.10. The van der Waals surface area contributed by atoms with Gasteiger partial charge in [0.1, 0.15) is 0 Å². The minimum atomic E-state index is -1.36. The van der Waals surface area contributed by atoms with E-state index in [2.05, 4.69) is 18.2 Å². The SMILES string of the molecule is CCC1c2cc3n(c(=O)c2CO[C@H]1F)Cc1c-3nc2ccccc2c1C1CCCC1. The van der Waals surface area contributed by atoms with Gasteiger partial charge in [-0.15, -0.1) is 0 Å². The van der Waals surface area contributed by atoms with Crippen LogP contribution in [0.3, 0.4) is 0 Å². The summed E-state index contributed by atoms with van der Waals surface area (Å²) in [7, 11) is 0. The van der Waals surface area contributed by atoms with Crippen LogP contribution >= 0.6 is 0 Å². The number of alkyl halides is 1. The van der Waals surface area contributed by atoms with Crippen LogP contribution in [0.15, 0.2) is 35.1 Å². The van der Waals surface area contributed by atoms with Gasteiger partial charge in [-0.25, -0.2) is 9.37 Å². The maximum Gasteiger partial charge on any atom is 0.257 e. The minimum absolute atomic E-state index is 0.0488. The number of aromatic nitrogens is 2. The first kappa shape index (κ1) is 18.3. The summed E-state index contributed by atoms with van der Waals surface area (Å²) < 4.78 is 21.6. The fourth-order valence-electron chi connectivity index (χ4n) is 5.85. The van der Waals surface area contributed by atoms with Crippen LogP contribution < -0.4 is 5.56 Å². The van der Waals surface area contributed by atoms with Gasteiger partial charge in [-0.2, -0.15) is 0 Å². The third kappa shape index (κ3) is 2.48. The lowest BCUT2D eigenvalue weighted by atomic mass is 9.88. The monoisotopic (exact) mass is 404 g/mol. The highest BCUT2D eigenvalue weighted by Gasteiger charge is 2.36. The van der Waals surface area contributed by atoms with E-state index in [1.165, 1.54) is 42.2 Å². The molecule has 2 aromatic heterocycles. The first-order valence-corrected chi connectivity index (χ1v) is 11.1. The number of benzene rings is 1. The smallest absolute Gasteiger partial charge is 0.257 e. The molecule has 0 amide bonds. The lowest BCUT2D eigenvalue weighted by Gasteiger charge is -2.28. The second-order valence-corrected chi connectivity index (χ2v) is 8.88. The zero-order valence-corrected chi connectivity index (χ0v) is 17.2. The fourth-order valence-corrected chi connectivity index (χ4v) is 5.85. The van der Waals surface area contributed by atoms with Gasteiger partial charge in [0.25, 0.3) is 5.56 Å². The Bertz CT molecular complexity index is 1230. The van der Waals surface area contributed by atoms with E-state index in [1.54, 1.807) is 0 Å². The zero-order valence-electron chi connectivity index (χ0n) is 17.2. The second-order valence-electron chi connectivity index (χ2n) is 8.88. The van der Waals surface area contributed by atoms with Crippen molar-refractivity contribution in [2.75, 3.05) is 0 Å². The number of rotatable bonds is 2. The molecular formula is C25H25FN2O2. The summed E-state index contributed by atoms with van der Waals surface area (Å²) in [6.45, 7) is 2.54. The van der Waals surface area contributed by atoms with E-state index in [0.717, 1.165) is 22.5 Å². The highest BCUT2D eigenvalue weighted by Crippen LogP contribution is 2.45. The maximum atomic E-state index is 14.4. The molecule has 2 atom stereocenters. The van der Waals surface area contributed by atoms with E-state index < -0.39 is 12.3 Å². The predicted octanol–water partition coefficient (Wildman–Crippen LogP) is 5.40. The Balaban J connectivity index is 1.63. The number of hydrogen-bond donors (Lipinski definition) is 0. The van der Waals surface area contributed by atoms with Crippen molar-refractivity contribution in [2.45, 2.75) is 70.4 Å². The van der Waals surface area contributed by atoms with Crippen molar-refractivity contribution in [1.29, 1.82) is 0 Å². The quantitative estimate of drug-likeness (QED) is 0.449.